The Kier molecular flexibility index (Phi) is 4.09. The fourth-order valence-electron chi connectivity index (χ4n) is 2.38. The lowest BCUT2D eigenvalue weighted by Crippen LogP contribution is -2.50. The second-order valence-electron chi connectivity index (χ2n) is 5.70. The van der Waals surface area contributed by atoms with Crippen LogP contribution in [-0.4, -0.2) is 29.3 Å². The first-order valence-electron chi connectivity index (χ1n) is 6.81. The number of rotatable bonds is 5. The third-order valence-corrected chi connectivity index (χ3v) is 3.94. The molecule has 0 saturated heterocycles. The smallest absolute Gasteiger partial charge is 0.248 e. The Morgan fingerprint density at radius 1 is 1.25 bits per heavy atom. The Morgan fingerprint density at radius 2 is 1.85 bits per heavy atom. The van der Waals surface area contributed by atoms with E-state index in [1.165, 1.54) is 0 Å². The molecule has 0 aliphatic heterocycles. The van der Waals surface area contributed by atoms with Crippen LogP contribution in [0.25, 0.3) is 0 Å². The van der Waals surface area contributed by atoms with Gasteiger partial charge >= 0.3 is 0 Å². The van der Waals surface area contributed by atoms with Crippen molar-refractivity contribution in [1.82, 2.24) is 4.90 Å². The first-order valence-corrected chi connectivity index (χ1v) is 6.81. The lowest BCUT2D eigenvalue weighted by atomic mass is 9.75. The number of nitrogens with zero attached hydrogens (tertiary/aromatic N) is 1. The van der Waals surface area contributed by atoms with Gasteiger partial charge in [0.2, 0.25) is 11.8 Å². The highest BCUT2D eigenvalue weighted by atomic mass is 16.2. The summed E-state index contributed by atoms with van der Waals surface area (Å²) < 4.78 is 0. The second kappa shape index (κ2) is 5.63. The summed E-state index contributed by atoms with van der Waals surface area (Å²) in [5.74, 6) is -0.387. The molecule has 0 radical (unpaired) electrons. The van der Waals surface area contributed by atoms with Crippen LogP contribution in [0.3, 0.4) is 0 Å². The first-order chi connectivity index (χ1) is 9.39. The van der Waals surface area contributed by atoms with Crippen LogP contribution in [-0.2, 0) is 11.3 Å². The van der Waals surface area contributed by atoms with E-state index in [9.17, 15) is 9.59 Å². The summed E-state index contributed by atoms with van der Waals surface area (Å²) in [5, 5.41) is 0. The van der Waals surface area contributed by atoms with Crippen molar-refractivity contribution in [3.8, 4) is 0 Å². The Labute approximate surface area is 118 Å². The SMILES string of the molecule is CN(Cc1ccc(C(N)=O)cc1)C(=O)CC1(N)CCC1. The highest BCUT2D eigenvalue weighted by Gasteiger charge is 2.35. The summed E-state index contributed by atoms with van der Waals surface area (Å²) in [6.45, 7) is 0.508. The topological polar surface area (TPSA) is 89.4 Å². The van der Waals surface area contributed by atoms with E-state index in [2.05, 4.69) is 0 Å². The van der Waals surface area contributed by atoms with E-state index in [0.29, 0.717) is 18.5 Å². The highest BCUT2D eigenvalue weighted by Crippen LogP contribution is 2.32. The van der Waals surface area contributed by atoms with Gasteiger partial charge in [0.1, 0.15) is 0 Å². The zero-order chi connectivity index (χ0) is 14.8. The summed E-state index contributed by atoms with van der Waals surface area (Å²) in [5.41, 5.74) is 12.4. The van der Waals surface area contributed by atoms with Gasteiger partial charge in [-0.1, -0.05) is 12.1 Å². The van der Waals surface area contributed by atoms with Crippen molar-refractivity contribution in [2.24, 2.45) is 11.5 Å². The number of nitrogens with two attached hydrogens (primary N) is 2. The number of carbonyl (C=O) groups excluding carboxylic acids is 2. The van der Waals surface area contributed by atoms with Crippen molar-refractivity contribution in [2.75, 3.05) is 7.05 Å². The molecular weight excluding hydrogens is 254 g/mol. The molecule has 5 heteroatoms. The van der Waals surface area contributed by atoms with Gasteiger partial charge in [0.25, 0.3) is 0 Å². The van der Waals surface area contributed by atoms with E-state index in [1.807, 2.05) is 12.1 Å². The fraction of sp³-hybridized carbons (Fsp3) is 0.467. The van der Waals surface area contributed by atoms with Gasteiger partial charge in [-0.25, -0.2) is 0 Å². The quantitative estimate of drug-likeness (QED) is 0.840. The number of hydrogen-bond acceptors (Lipinski definition) is 3. The van der Waals surface area contributed by atoms with Crippen LogP contribution in [0.4, 0.5) is 0 Å². The first kappa shape index (κ1) is 14.5. The number of carbonyl (C=O) groups is 2. The maximum atomic E-state index is 12.1. The Morgan fingerprint density at radius 3 is 2.30 bits per heavy atom. The predicted octanol–water partition coefficient (Wildman–Crippen LogP) is 1.02. The van der Waals surface area contributed by atoms with Gasteiger partial charge in [0.05, 0.1) is 0 Å². The lowest BCUT2D eigenvalue weighted by Gasteiger charge is -2.38. The third kappa shape index (κ3) is 3.36. The molecule has 0 bridgehead atoms. The minimum atomic E-state index is -0.448. The lowest BCUT2D eigenvalue weighted by molar-refractivity contribution is -0.132. The second-order valence-corrected chi connectivity index (χ2v) is 5.70. The minimum absolute atomic E-state index is 0.0613. The van der Waals surface area contributed by atoms with Crippen molar-refractivity contribution in [3.63, 3.8) is 0 Å². The minimum Gasteiger partial charge on any atom is -0.366 e. The summed E-state index contributed by atoms with van der Waals surface area (Å²) >= 11 is 0. The molecule has 4 N–H and O–H groups in total. The molecule has 0 atom stereocenters. The average Bonchev–Trinajstić information content (AvgIpc) is 2.37. The molecule has 0 heterocycles. The standard InChI is InChI=1S/C15H21N3O2/c1-18(13(19)9-15(17)7-2-8-15)10-11-3-5-12(6-4-11)14(16)20/h3-6H,2,7-10,17H2,1H3,(H2,16,20). The molecule has 1 aliphatic carbocycles. The molecule has 0 spiro atoms. The zero-order valence-electron chi connectivity index (χ0n) is 11.8. The largest absolute Gasteiger partial charge is 0.366 e. The van der Waals surface area contributed by atoms with Gasteiger partial charge in [-0.15, -0.1) is 0 Å². The number of hydrogen-bond donors (Lipinski definition) is 2. The van der Waals surface area contributed by atoms with E-state index < -0.39 is 5.91 Å². The molecule has 5 nitrogen and oxygen atoms in total. The normalized spacial score (nSPS) is 16.3. The molecule has 1 saturated carbocycles. The van der Waals surface area contributed by atoms with Crippen LogP contribution >= 0.6 is 0 Å². The Balaban J connectivity index is 1.91. The molecular formula is C15H21N3O2. The third-order valence-electron chi connectivity index (χ3n) is 3.94. The molecule has 1 fully saturated rings. The molecule has 1 aromatic rings. The van der Waals surface area contributed by atoms with E-state index in [0.717, 1.165) is 24.8 Å². The van der Waals surface area contributed by atoms with Gasteiger partial charge in [0.15, 0.2) is 0 Å². The summed E-state index contributed by atoms with van der Waals surface area (Å²) in [6, 6.07) is 6.97. The van der Waals surface area contributed by atoms with Crippen molar-refractivity contribution in [3.05, 3.63) is 35.4 Å². The van der Waals surface area contributed by atoms with E-state index in [4.69, 9.17) is 11.5 Å². The molecule has 1 aromatic carbocycles. The maximum absolute atomic E-state index is 12.1. The fourth-order valence-corrected chi connectivity index (χ4v) is 2.38. The van der Waals surface area contributed by atoms with Crippen LogP contribution in [0, 0.1) is 0 Å². The van der Waals surface area contributed by atoms with Crippen molar-refractivity contribution in [2.45, 2.75) is 37.8 Å². The summed E-state index contributed by atoms with van der Waals surface area (Å²) in [4.78, 5) is 24.8. The van der Waals surface area contributed by atoms with Gasteiger partial charge in [-0.3, -0.25) is 9.59 Å². The van der Waals surface area contributed by atoms with E-state index in [-0.39, 0.29) is 11.4 Å². The Bertz CT molecular complexity index is 506. The molecule has 0 unspecified atom stereocenters. The molecule has 2 rings (SSSR count). The van der Waals surface area contributed by atoms with Crippen molar-refractivity contribution >= 4 is 11.8 Å². The molecule has 1 aliphatic rings. The predicted molar refractivity (Wildman–Crippen MR) is 76.8 cm³/mol. The van der Waals surface area contributed by atoms with Gasteiger partial charge in [-0.2, -0.15) is 0 Å². The number of amides is 2. The van der Waals surface area contributed by atoms with Gasteiger partial charge < -0.3 is 16.4 Å². The molecule has 2 amide bonds. The molecule has 20 heavy (non-hydrogen) atoms. The van der Waals surface area contributed by atoms with Crippen LogP contribution in [0.15, 0.2) is 24.3 Å². The molecule has 0 aromatic heterocycles. The summed E-state index contributed by atoms with van der Waals surface area (Å²) in [7, 11) is 1.77. The van der Waals surface area contributed by atoms with Gasteiger partial charge in [0, 0.05) is 31.1 Å². The maximum Gasteiger partial charge on any atom is 0.248 e. The van der Waals surface area contributed by atoms with Crippen LogP contribution in [0.2, 0.25) is 0 Å². The van der Waals surface area contributed by atoms with E-state index >= 15 is 0 Å². The van der Waals surface area contributed by atoms with Crippen LogP contribution in [0.5, 0.6) is 0 Å². The average molecular weight is 275 g/mol. The van der Waals surface area contributed by atoms with E-state index in [1.54, 1.807) is 24.1 Å². The number of primary amides is 1. The van der Waals surface area contributed by atoms with Gasteiger partial charge in [-0.05, 0) is 37.0 Å². The summed E-state index contributed by atoms with van der Waals surface area (Å²) in [6.07, 6.45) is 3.38. The van der Waals surface area contributed by atoms with Crippen LogP contribution in [0.1, 0.15) is 41.6 Å². The van der Waals surface area contributed by atoms with Crippen molar-refractivity contribution < 1.29 is 9.59 Å². The zero-order valence-corrected chi connectivity index (χ0v) is 11.8. The van der Waals surface area contributed by atoms with Crippen molar-refractivity contribution in [1.29, 1.82) is 0 Å². The monoisotopic (exact) mass is 275 g/mol. The van der Waals surface area contributed by atoms with Crippen LogP contribution < -0.4 is 11.5 Å². The Hall–Kier alpha value is -1.88. The number of benzene rings is 1. The highest BCUT2D eigenvalue weighted by molar-refractivity contribution is 5.92. The molecule has 108 valence electrons.